The van der Waals surface area contributed by atoms with E-state index in [-0.39, 0.29) is 6.73 Å². The number of esters is 2. The van der Waals surface area contributed by atoms with Crippen LogP contribution in [-0.4, -0.2) is 32.2 Å². The second-order valence-corrected chi connectivity index (χ2v) is 1.79. The van der Waals surface area contributed by atoms with Crippen LogP contribution in [0, 0.1) is 0 Å². The molecule has 0 aromatic heterocycles. The molecule has 0 heterocycles. The van der Waals surface area contributed by atoms with Crippen molar-refractivity contribution >= 4 is 18.3 Å². The number of nitrogens with one attached hydrogen (secondary N) is 1. The first kappa shape index (κ1) is 11.2. The Kier molecular flexibility index (Phi) is 5.86. The third kappa shape index (κ3) is 6.54. The number of carbonyl (C=O) groups is 3. The van der Waals surface area contributed by atoms with E-state index in [1.165, 1.54) is 7.11 Å². The molecular formula is C7H9NO5. The van der Waals surface area contributed by atoms with Gasteiger partial charge in [0, 0.05) is 12.2 Å². The van der Waals surface area contributed by atoms with Crippen molar-refractivity contribution in [3.63, 3.8) is 0 Å². The van der Waals surface area contributed by atoms with Crippen LogP contribution in [-0.2, 0) is 23.9 Å². The van der Waals surface area contributed by atoms with E-state index < -0.39 is 11.9 Å². The summed E-state index contributed by atoms with van der Waals surface area (Å²) in [7, 11) is 1.19. The van der Waals surface area contributed by atoms with Gasteiger partial charge in [-0.25, -0.2) is 9.59 Å². The Morgan fingerprint density at radius 2 is 1.92 bits per heavy atom. The third-order valence-electron chi connectivity index (χ3n) is 0.938. The molecule has 0 aliphatic heterocycles. The predicted octanol–water partition coefficient (Wildman–Crippen LogP) is -1.04. The Morgan fingerprint density at radius 1 is 1.31 bits per heavy atom. The Hall–Kier alpha value is -1.85. The van der Waals surface area contributed by atoms with E-state index in [1.807, 2.05) is 0 Å². The first-order chi connectivity index (χ1) is 6.20. The molecule has 13 heavy (non-hydrogen) atoms. The maximum absolute atomic E-state index is 10.7. The molecule has 0 saturated carbocycles. The lowest BCUT2D eigenvalue weighted by Gasteiger charge is -1.97. The molecule has 0 aliphatic rings. The monoisotopic (exact) mass is 187 g/mol. The van der Waals surface area contributed by atoms with Crippen LogP contribution in [0.2, 0.25) is 0 Å². The molecule has 0 spiro atoms. The number of hydrogen-bond donors (Lipinski definition) is 1. The minimum Gasteiger partial charge on any atom is -0.466 e. The van der Waals surface area contributed by atoms with Gasteiger partial charge in [-0.1, -0.05) is 0 Å². The highest BCUT2D eigenvalue weighted by Crippen LogP contribution is 1.82. The number of hydrogen-bond acceptors (Lipinski definition) is 5. The summed E-state index contributed by atoms with van der Waals surface area (Å²) in [6, 6.07) is 0. The molecule has 6 heteroatoms. The van der Waals surface area contributed by atoms with E-state index in [9.17, 15) is 14.4 Å². The first-order valence-corrected chi connectivity index (χ1v) is 3.30. The Balaban J connectivity index is 3.67. The SMILES string of the molecule is COC(=O)/C=C/C(=O)OCNC=O. The van der Waals surface area contributed by atoms with Gasteiger partial charge >= 0.3 is 11.9 Å². The van der Waals surface area contributed by atoms with Crippen molar-refractivity contribution in [1.82, 2.24) is 5.32 Å². The number of ether oxygens (including phenoxy) is 2. The molecular weight excluding hydrogens is 178 g/mol. The van der Waals surface area contributed by atoms with Crippen LogP contribution in [0.25, 0.3) is 0 Å². The van der Waals surface area contributed by atoms with Gasteiger partial charge in [0.25, 0.3) is 0 Å². The van der Waals surface area contributed by atoms with Gasteiger partial charge in [-0.15, -0.1) is 0 Å². The minimum absolute atomic E-state index is 0.228. The lowest BCUT2D eigenvalue weighted by Crippen LogP contribution is -2.18. The van der Waals surface area contributed by atoms with E-state index in [4.69, 9.17) is 0 Å². The summed E-state index contributed by atoms with van der Waals surface area (Å²) in [5.41, 5.74) is 0. The van der Waals surface area contributed by atoms with Crippen LogP contribution >= 0.6 is 0 Å². The van der Waals surface area contributed by atoms with Crippen LogP contribution in [0.1, 0.15) is 0 Å². The Bertz CT molecular complexity index is 223. The second kappa shape index (κ2) is 6.84. The predicted molar refractivity (Wildman–Crippen MR) is 41.3 cm³/mol. The van der Waals surface area contributed by atoms with Gasteiger partial charge < -0.3 is 14.8 Å². The van der Waals surface area contributed by atoms with Crippen molar-refractivity contribution in [2.45, 2.75) is 0 Å². The van der Waals surface area contributed by atoms with E-state index >= 15 is 0 Å². The molecule has 72 valence electrons. The maximum atomic E-state index is 10.7. The molecule has 0 atom stereocenters. The summed E-state index contributed by atoms with van der Waals surface area (Å²) in [5, 5.41) is 2.11. The van der Waals surface area contributed by atoms with E-state index in [0.717, 1.165) is 12.2 Å². The molecule has 6 nitrogen and oxygen atoms in total. The molecule has 0 aromatic carbocycles. The van der Waals surface area contributed by atoms with Crippen LogP contribution in [0.5, 0.6) is 0 Å². The molecule has 0 saturated heterocycles. The summed E-state index contributed by atoms with van der Waals surface area (Å²) in [4.78, 5) is 30.8. The fraction of sp³-hybridized carbons (Fsp3) is 0.286. The summed E-state index contributed by atoms with van der Waals surface area (Å²) in [6.45, 7) is -0.228. The third-order valence-corrected chi connectivity index (χ3v) is 0.938. The normalized spacial score (nSPS) is 9.31. The van der Waals surface area contributed by atoms with Crippen molar-refractivity contribution in [3.8, 4) is 0 Å². The zero-order valence-corrected chi connectivity index (χ0v) is 6.98. The Labute approximate surface area is 74.5 Å². The van der Waals surface area contributed by atoms with Crippen LogP contribution in [0.3, 0.4) is 0 Å². The Morgan fingerprint density at radius 3 is 2.46 bits per heavy atom. The number of carbonyl (C=O) groups excluding carboxylic acids is 3. The van der Waals surface area contributed by atoms with Crippen molar-refractivity contribution in [3.05, 3.63) is 12.2 Å². The van der Waals surface area contributed by atoms with Gasteiger partial charge in [-0.3, -0.25) is 4.79 Å². The quantitative estimate of drug-likeness (QED) is 0.195. The minimum atomic E-state index is -0.736. The molecule has 0 fully saturated rings. The van der Waals surface area contributed by atoms with Crippen LogP contribution in [0.4, 0.5) is 0 Å². The fourth-order valence-electron chi connectivity index (χ4n) is 0.399. The maximum Gasteiger partial charge on any atom is 0.332 e. The van der Waals surface area contributed by atoms with Crippen LogP contribution < -0.4 is 5.32 Å². The molecule has 1 N–H and O–H groups in total. The van der Waals surface area contributed by atoms with Crippen molar-refractivity contribution < 1.29 is 23.9 Å². The average molecular weight is 187 g/mol. The summed E-state index contributed by atoms with van der Waals surface area (Å²) in [5.74, 6) is -1.39. The lowest BCUT2D eigenvalue weighted by molar-refractivity contribution is -0.140. The first-order valence-electron chi connectivity index (χ1n) is 3.30. The topological polar surface area (TPSA) is 81.7 Å². The highest BCUT2D eigenvalue weighted by molar-refractivity contribution is 5.91. The molecule has 0 unspecified atom stereocenters. The van der Waals surface area contributed by atoms with Crippen LogP contribution in [0.15, 0.2) is 12.2 Å². The van der Waals surface area contributed by atoms with E-state index in [1.54, 1.807) is 0 Å². The average Bonchev–Trinajstić information content (AvgIpc) is 2.14. The van der Waals surface area contributed by atoms with E-state index in [2.05, 4.69) is 14.8 Å². The van der Waals surface area contributed by atoms with Crippen molar-refractivity contribution in [2.24, 2.45) is 0 Å². The zero-order valence-electron chi connectivity index (χ0n) is 6.98. The van der Waals surface area contributed by atoms with Crippen molar-refractivity contribution in [1.29, 1.82) is 0 Å². The van der Waals surface area contributed by atoms with Gasteiger partial charge in [-0.05, 0) is 0 Å². The highest BCUT2D eigenvalue weighted by Gasteiger charge is 1.97. The molecule has 0 bridgehead atoms. The number of rotatable bonds is 5. The summed E-state index contributed by atoms with van der Waals surface area (Å²) in [6.07, 6.45) is 2.21. The van der Waals surface area contributed by atoms with Gasteiger partial charge in [0.2, 0.25) is 6.41 Å². The number of amides is 1. The van der Waals surface area contributed by atoms with Gasteiger partial charge in [-0.2, -0.15) is 0 Å². The molecule has 0 aromatic rings. The standard InChI is InChI=1S/C7H9NO5/c1-12-6(10)2-3-7(11)13-5-8-4-9/h2-4H,5H2,1H3,(H,8,9)/b3-2+. The summed E-state index contributed by atoms with van der Waals surface area (Å²) < 4.78 is 8.62. The highest BCUT2D eigenvalue weighted by atomic mass is 16.5. The lowest BCUT2D eigenvalue weighted by atomic mass is 10.5. The second-order valence-electron chi connectivity index (χ2n) is 1.79. The number of methoxy groups -OCH3 is 1. The molecule has 0 radical (unpaired) electrons. The molecule has 0 aliphatic carbocycles. The fourth-order valence-corrected chi connectivity index (χ4v) is 0.399. The van der Waals surface area contributed by atoms with Gasteiger partial charge in [0.05, 0.1) is 7.11 Å². The largest absolute Gasteiger partial charge is 0.466 e. The molecule has 0 rings (SSSR count). The smallest absolute Gasteiger partial charge is 0.332 e. The van der Waals surface area contributed by atoms with E-state index in [0.29, 0.717) is 6.41 Å². The summed E-state index contributed by atoms with van der Waals surface area (Å²) >= 11 is 0. The van der Waals surface area contributed by atoms with Gasteiger partial charge in [0.15, 0.2) is 6.73 Å². The zero-order chi connectivity index (χ0) is 10.1. The molecule has 1 amide bonds. The van der Waals surface area contributed by atoms with Gasteiger partial charge in [0.1, 0.15) is 0 Å². The van der Waals surface area contributed by atoms with Crippen molar-refractivity contribution in [2.75, 3.05) is 13.8 Å².